The Morgan fingerprint density at radius 1 is 0.903 bits per heavy atom. The molecule has 2 aliphatic heterocycles. The third kappa shape index (κ3) is 8.41. The first kappa shape index (κ1) is 24.0. The maximum Gasteiger partial charge on any atom is 0.317 e. The standard InChI is InChI=1S/C24H41N5O2/c1-21(4-5-22-6-8-23(25)9-7-22)29-13-3-11-26-14-15-27(18-19-29)10-2-12-28(17-16-26)20-24(30)31/h6-9,21H,2-5,10-20,25H2,1H3,(H,30,31). The largest absolute Gasteiger partial charge is 0.480 e. The van der Waals surface area contributed by atoms with Crippen LogP contribution in [0.1, 0.15) is 31.7 Å². The average Bonchev–Trinajstić information content (AvgIpc) is 2.75. The van der Waals surface area contributed by atoms with Crippen LogP contribution in [0.5, 0.6) is 0 Å². The normalized spacial score (nSPS) is 25.7. The number of benzene rings is 1. The lowest BCUT2D eigenvalue weighted by atomic mass is 10.0. The third-order valence-corrected chi connectivity index (χ3v) is 6.85. The molecule has 2 aliphatic rings. The molecule has 0 saturated carbocycles. The summed E-state index contributed by atoms with van der Waals surface area (Å²) in [7, 11) is 0. The van der Waals surface area contributed by atoms with Crippen LogP contribution < -0.4 is 5.73 Å². The Labute approximate surface area is 187 Å². The van der Waals surface area contributed by atoms with Gasteiger partial charge in [-0.25, -0.2) is 0 Å². The van der Waals surface area contributed by atoms with Crippen LogP contribution in [0.2, 0.25) is 0 Å². The highest BCUT2D eigenvalue weighted by molar-refractivity contribution is 5.69. The second kappa shape index (κ2) is 12.4. The minimum Gasteiger partial charge on any atom is -0.480 e. The zero-order valence-electron chi connectivity index (χ0n) is 19.2. The Kier molecular flexibility index (Phi) is 9.58. The van der Waals surface area contributed by atoms with E-state index in [1.165, 1.54) is 12.0 Å². The summed E-state index contributed by atoms with van der Waals surface area (Å²) in [5, 5.41) is 9.20. The van der Waals surface area contributed by atoms with Gasteiger partial charge in [0, 0.05) is 57.5 Å². The van der Waals surface area contributed by atoms with E-state index >= 15 is 0 Å². The minimum absolute atomic E-state index is 0.160. The molecule has 0 radical (unpaired) electrons. The van der Waals surface area contributed by atoms with E-state index in [-0.39, 0.29) is 6.54 Å². The molecule has 3 N–H and O–H groups in total. The number of carboxylic acids is 1. The van der Waals surface area contributed by atoms with Crippen LogP contribution >= 0.6 is 0 Å². The van der Waals surface area contributed by atoms with Gasteiger partial charge < -0.3 is 20.6 Å². The van der Waals surface area contributed by atoms with Gasteiger partial charge in [0.25, 0.3) is 0 Å². The van der Waals surface area contributed by atoms with Crippen LogP contribution in [-0.2, 0) is 11.2 Å². The summed E-state index contributed by atoms with van der Waals surface area (Å²) in [6, 6.07) is 8.86. The van der Waals surface area contributed by atoms with Crippen molar-refractivity contribution < 1.29 is 9.90 Å². The van der Waals surface area contributed by atoms with Gasteiger partial charge in [0.2, 0.25) is 0 Å². The highest BCUT2D eigenvalue weighted by Gasteiger charge is 2.21. The van der Waals surface area contributed by atoms with E-state index < -0.39 is 5.97 Å². The van der Waals surface area contributed by atoms with E-state index in [1.54, 1.807) is 0 Å². The molecule has 174 valence electrons. The van der Waals surface area contributed by atoms with E-state index in [9.17, 15) is 9.90 Å². The monoisotopic (exact) mass is 431 g/mol. The molecule has 0 spiro atoms. The van der Waals surface area contributed by atoms with Crippen LogP contribution in [0.3, 0.4) is 0 Å². The Bertz CT molecular complexity index is 668. The van der Waals surface area contributed by atoms with Crippen LogP contribution in [-0.4, -0.2) is 109 Å². The SMILES string of the molecule is CC(CCc1ccc(N)cc1)N1CCCN2CCN(CCCN(CC(=O)O)CC2)CC1. The second-order valence-corrected chi connectivity index (χ2v) is 9.23. The Hall–Kier alpha value is -1.67. The number of carbonyl (C=O) groups is 1. The predicted molar refractivity (Wildman–Crippen MR) is 126 cm³/mol. The number of carboxylic acid groups (broad SMARTS) is 1. The zero-order valence-corrected chi connectivity index (χ0v) is 19.2. The first-order valence-electron chi connectivity index (χ1n) is 12.0. The summed E-state index contributed by atoms with van der Waals surface area (Å²) in [6.07, 6.45) is 4.47. The van der Waals surface area contributed by atoms with Crippen LogP contribution in [0.25, 0.3) is 0 Å². The zero-order chi connectivity index (χ0) is 22.1. The Morgan fingerprint density at radius 3 is 2.19 bits per heavy atom. The molecule has 2 heterocycles. The molecule has 2 bridgehead atoms. The van der Waals surface area contributed by atoms with Crippen molar-refractivity contribution in [2.24, 2.45) is 0 Å². The van der Waals surface area contributed by atoms with E-state index in [0.29, 0.717) is 6.04 Å². The topological polar surface area (TPSA) is 76.3 Å². The number of nitrogens with two attached hydrogens (primary N) is 1. The van der Waals surface area contributed by atoms with E-state index in [4.69, 9.17) is 5.73 Å². The first-order valence-corrected chi connectivity index (χ1v) is 12.0. The maximum atomic E-state index is 11.2. The van der Waals surface area contributed by atoms with Crippen LogP contribution in [0.4, 0.5) is 5.69 Å². The Balaban J connectivity index is 1.55. The van der Waals surface area contributed by atoms with Crippen molar-refractivity contribution >= 4 is 11.7 Å². The van der Waals surface area contributed by atoms with Crippen molar-refractivity contribution in [3.63, 3.8) is 0 Å². The lowest BCUT2D eigenvalue weighted by Crippen LogP contribution is -2.48. The van der Waals surface area contributed by atoms with E-state index in [1.807, 2.05) is 12.1 Å². The molecule has 2 saturated heterocycles. The number of nitrogens with zero attached hydrogens (tertiary/aromatic N) is 4. The second-order valence-electron chi connectivity index (χ2n) is 9.23. The van der Waals surface area contributed by atoms with Gasteiger partial charge in [0.05, 0.1) is 6.54 Å². The fraction of sp³-hybridized carbons (Fsp3) is 0.708. The average molecular weight is 432 g/mol. The summed E-state index contributed by atoms with van der Waals surface area (Å²) in [4.78, 5) is 21.1. The number of rotatable bonds is 6. The van der Waals surface area contributed by atoms with Gasteiger partial charge in [-0.3, -0.25) is 14.6 Å². The lowest BCUT2D eigenvalue weighted by Gasteiger charge is -2.37. The predicted octanol–water partition coefficient (Wildman–Crippen LogP) is 1.69. The van der Waals surface area contributed by atoms with Crippen molar-refractivity contribution in [2.45, 2.75) is 38.6 Å². The van der Waals surface area contributed by atoms with Gasteiger partial charge in [-0.15, -0.1) is 0 Å². The number of aliphatic carboxylic acids is 1. The van der Waals surface area contributed by atoms with Gasteiger partial charge in [0.1, 0.15) is 0 Å². The Morgan fingerprint density at radius 2 is 1.52 bits per heavy atom. The fourth-order valence-electron chi connectivity index (χ4n) is 4.78. The molecule has 0 aliphatic carbocycles. The molecular formula is C24H41N5O2. The van der Waals surface area contributed by atoms with Crippen molar-refractivity contribution in [2.75, 3.05) is 77.7 Å². The number of hydrogen-bond acceptors (Lipinski definition) is 6. The molecule has 0 aromatic heterocycles. The van der Waals surface area contributed by atoms with Crippen molar-refractivity contribution in [3.05, 3.63) is 29.8 Å². The fourth-order valence-corrected chi connectivity index (χ4v) is 4.78. The molecule has 3 rings (SSSR count). The molecule has 0 amide bonds. The van der Waals surface area contributed by atoms with Gasteiger partial charge in [-0.2, -0.15) is 0 Å². The lowest BCUT2D eigenvalue weighted by molar-refractivity contribution is -0.138. The van der Waals surface area contributed by atoms with Crippen molar-refractivity contribution in [3.8, 4) is 0 Å². The summed E-state index contributed by atoms with van der Waals surface area (Å²) in [5.74, 6) is -0.717. The number of hydrogen-bond donors (Lipinski definition) is 2. The summed E-state index contributed by atoms with van der Waals surface area (Å²) >= 11 is 0. The van der Waals surface area contributed by atoms with E-state index in [2.05, 4.69) is 38.7 Å². The van der Waals surface area contributed by atoms with Crippen molar-refractivity contribution in [1.82, 2.24) is 19.6 Å². The molecule has 3 unspecified atom stereocenters. The molecule has 1 aromatic rings. The highest BCUT2D eigenvalue weighted by atomic mass is 16.4. The maximum absolute atomic E-state index is 11.2. The highest BCUT2D eigenvalue weighted by Crippen LogP contribution is 2.14. The van der Waals surface area contributed by atoms with E-state index in [0.717, 1.165) is 90.4 Å². The molecule has 3 atom stereocenters. The van der Waals surface area contributed by atoms with Gasteiger partial charge in [-0.05, 0) is 69.9 Å². The summed E-state index contributed by atoms with van der Waals surface area (Å²) in [5.41, 5.74) is 8.01. The number of aryl methyl sites for hydroxylation is 1. The number of anilines is 1. The number of fused-ring (bicyclic) bond motifs is 3. The molecule has 7 nitrogen and oxygen atoms in total. The summed E-state index contributed by atoms with van der Waals surface area (Å²) < 4.78 is 0. The third-order valence-electron chi connectivity index (χ3n) is 6.85. The minimum atomic E-state index is -0.717. The van der Waals surface area contributed by atoms with Crippen molar-refractivity contribution in [1.29, 1.82) is 0 Å². The molecule has 2 fully saturated rings. The molecule has 1 aromatic carbocycles. The molecule has 31 heavy (non-hydrogen) atoms. The smallest absolute Gasteiger partial charge is 0.317 e. The first-order chi connectivity index (χ1) is 15.0. The molecule has 7 heteroatoms. The number of nitrogen functional groups attached to an aromatic ring is 1. The van der Waals surface area contributed by atoms with Crippen LogP contribution in [0.15, 0.2) is 24.3 Å². The van der Waals surface area contributed by atoms with Crippen LogP contribution in [0, 0.1) is 0 Å². The summed E-state index contributed by atoms with van der Waals surface area (Å²) in [6.45, 7) is 12.9. The van der Waals surface area contributed by atoms with Gasteiger partial charge >= 0.3 is 5.97 Å². The van der Waals surface area contributed by atoms with Gasteiger partial charge in [0.15, 0.2) is 0 Å². The van der Waals surface area contributed by atoms with Gasteiger partial charge in [-0.1, -0.05) is 12.1 Å². The quantitative estimate of drug-likeness (QED) is 0.664. The molecular weight excluding hydrogens is 390 g/mol.